The fraction of sp³-hybridized carbons (Fsp3) is 0.200. The molecule has 1 aromatic heterocycles. The molecule has 0 fully saturated rings. The van der Waals surface area contributed by atoms with Gasteiger partial charge in [-0.15, -0.1) is 0 Å². The Hall–Kier alpha value is -2.79. The Kier molecular flexibility index (Phi) is 4.63. The number of aryl methyl sites for hydroxylation is 2. The fourth-order valence-electron chi connectivity index (χ4n) is 3.20. The monoisotopic (exact) mass is 366 g/mol. The molecule has 4 rings (SSSR count). The van der Waals surface area contributed by atoms with Crippen LogP contribution in [0.5, 0.6) is 0 Å². The molecule has 6 heteroatoms. The van der Waals surface area contributed by atoms with Crippen LogP contribution in [0.25, 0.3) is 11.3 Å². The number of halogens is 1. The van der Waals surface area contributed by atoms with Crippen LogP contribution in [-0.4, -0.2) is 15.6 Å². The van der Waals surface area contributed by atoms with E-state index in [2.05, 4.69) is 21.4 Å². The fourth-order valence-corrected chi connectivity index (χ4v) is 3.38. The molecule has 2 amide bonds. The van der Waals surface area contributed by atoms with E-state index < -0.39 is 0 Å². The van der Waals surface area contributed by atoms with Crippen LogP contribution in [0.1, 0.15) is 18.7 Å². The number of amides is 2. The predicted octanol–water partition coefficient (Wildman–Crippen LogP) is 5.18. The minimum atomic E-state index is -0.338. The lowest BCUT2D eigenvalue weighted by Crippen LogP contribution is -2.20. The van der Waals surface area contributed by atoms with Gasteiger partial charge in [-0.05, 0) is 31.0 Å². The summed E-state index contributed by atoms with van der Waals surface area (Å²) in [6.07, 6.45) is 5.43. The summed E-state index contributed by atoms with van der Waals surface area (Å²) in [7, 11) is 0. The number of carbonyl (C=O) groups excluding carboxylic acids is 1. The SMILES string of the molecule is O=C(Nc1ccccc1Cl)Nc1ccccc1-c1cn2c(n1)CCCC2. The molecule has 0 radical (unpaired) electrons. The summed E-state index contributed by atoms with van der Waals surface area (Å²) >= 11 is 6.10. The van der Waals surface area contributed by atoms with E-state index in [0.29, 0.717) is 16.4 Å². The van der Waals surface area contributed by atoms with Gasteiger partial charge in [-0.25, -0.2) is 9.78 Å². The molecule has 26 heavy (non-hydrogen) atoms. The number of imidazole rings is 1. The third-order valence-electron chi connectivity index (χ3n) is 4.48. The molecule has 2 N–H and O–H groups in total. The van der Waals surface area contributed by atoms with E-state index in [9.17, 15) is 4.79 Å². The van der Waals surface area contributed by atoms with Crippen molar-refractivity contribution < 1.29 is 4.79 Å². The quantitative estimate of drug-likeness (QED) is 0.670. The van der Waals surface area contributed by atoms with Gasteiger partial charge in [0.05, 0.1) is 22.1 Å². The molecule has 5 nitrogen and oxygen atoms in total. The highest BCUT2D eigenvalue weighted by Gasteiger charge is 2.16. The Morgan fingerprint density at radius 1 is 1.00 bits per heavy atom. The first kappa shape index (κ1) is 16.7. The molecule has 3 aromatic rings. The van der Waals surface area contributed by atoms with Crippen LogP contribution < -0.4 is 10.6 Å². The van der Waals surface area contributed by atoms with Crippen molar-refractivity contribution in [2.45, 2.75) is 25.8 Å². The molecule has 0 saturated carbocycles. The van der Waals surface area contributed by atoms with E-state index in [0.717, 1.165) is 30.0 Å². The molecule has 2 aromatic carbocycles. The number of hydrogen-bond acceptors (Lipinski definition) is 2. The van der Waals surface area contributed by atoms with E-state index in [4.69, 9.17) is 16.6 Å². The maximum atomic E-state index is 12.4. The normalized spacial score (nSPS) is 13.1. The number of urea groups is 1. The predicted molar refractivity (Wildman–Crippen MR) is 105 cm³/mol. The number of anilines is 2. The summed E-state index contributed by atoms with van der Waals surface area (Å²) in [5.74, 6) is 1.11. The van der Waals surface area contributed by atoms with Crippen LogP contribution >= 0.6 is 11.6 Å². The van der Waals surface area contributed by atoms with Gasteiger partial charge in [0.25, 0.3) is 0 Å². The molecular weight excluding hydrogens is 348 g/mol. The van der Waals surface area contributed by atoms with Crippen LogP contribution in [0.15, 0.2) is 54.7 Å². The van der Waals surface area contributed by atoms with Gasteiger partial charge in [-0.1, -0.05) is 41.9 Å². The largest absolute Gasteiger partial charge is 0.334 e. The van der Waals surface area contributed by atoms with E-state index in [1.807, 2.05) is 36.4 Å². The number of benzene rings is 2. The third-order valence-corrected chi connectivity index (χ3v) is 4.81. The molecule has 0 atom stereocenters. The zero-order valence-corrected chi connectivity index (χ0v) is 15.0. The molecule has 132 valence electrons. The van der Waals surface area contributed by atoms with Crippen LogP contribution in [-0.2, 0) is 13.0 Å². The topological polar surface area (TPSA) is 59.0 Å². The maximum Gasteiger partial charge on any atom is 0.323 e. The van der Waals surface area contributed by atoms with Crippen LogP contribution in [0, 0.1) is 0 Å². The van der Waals surface area contributed by atoms with Crippen LogP contribution in [0.2, 0.25) is 5.02 Å². The van der Waals surface area contributed by atoms with Gasteiger partial charge in [0.2, 0.25) is 0 Å². The summed E-state index contributed by atoms with van der Waals surface area (Å²) in [6.45, 7) is 1.00. The van der Waals surface area contributed by atoms with E-state index in [1.165, 1.54) is 12.8 Å². The van der Waals surface area contributed by atoms with Gasteiger partial charge in [0.1, 0.15) is 5.82 Å². The van der Waals surface area contributed by atoms with Gasteiger partial charge in [0.15, 0.2) is 0 Å². The summed E-state index contributed by atoms with van der Waals surface area (Å²) < 4.78 is 2.21. The third kappa shape index (κ3) is 3.44. The number of carbonyl (C=O) groups is 1. The zero-order valence-electron chi connectivity index (χ0n) is 14.2. The van der Waals surface area contributed by atoms with Crippen molar-refractivity contribution in [3.8, 4) is 11.3 Å². The van der Waals surface area contributed by atoms with Crippen molar-refractivity contribution in [2.75, 3.05) is 10.6 Å². The first-order valence-electron chi connectivity index (χ1n) is 8.69. The Morgan fingerprint density at radius 3 is 2.54 bits per heavy atom. The van der Waals surface area contributed by atoms with Gasteiger partial charge in [-0.3, -0.25) is 0 Å². The zero-order chi connectivity index (χ0) is 17.9. The molecule has 2 heterocycles. The van der Waals surface area contributed by atoms with E-state index >= 15 is 0 Å². The van der Waals surface area contributed by atoms with E-state index in [1.54, 1.807) is 12.1 Å². The number of nitrogens with one attached hydrogen (secondary N) is 2. The van der Waals surface area contributed by atoms with E-state index in [-0.39, 0.29) is 6.03 Å². The second-order valence-corrected chi connectivity index (χ2v) is 6.70. The van der Waals surface area contributed by atoms with Crippen molar-refractivity contribution >= 4 is 29.0 Å². The second-order valence-electron chi connectivity index (χ2n) is 6.30. The van der Waals surface area contributed by atoms with Crippen molar-refractivity contribution in [1.82, 2.24) is 9.55 Å². The van der Waals surface area contributed by atoms with Crippen molar-refractivity contribution in [3.63, 3.8) is 0 Å². The Labute approximate surface area is 157 Å². The maximum absolute atomic E-state index is 12.4. The lowest BCUT2D eigenvalue weighted by atomic mass is 10.1. The summed E-state index contributed by atoms with van der Waals surface area (Å²) in [5.41, 5.74) is 3.08. The van der Waals surface area contributed by atoms with Crippen LogP contribution in [0.4, 0.5) is 16.2 Å². The number of nitrogens with zero attached hydrogens (tertiary/aromatic N) is 2. The van der Waals surface area contributed by atoms with Crippen molar-refractivity contribution in [3.05, 3.63) is 65.6 Å². The molecule has 0 saturated heterocycles. The lowest BCUT2D eigenvalue weighted by Gasteiger charge is -2.12. The Balaban J connectivity index is 1.57. The van der Waals surface area contributed by atoms with Crippen molar-refractivity contribution in [1.29, 1.82) is 0 Å². The molecule has 0 unspecified atom stereocenters. The molecule has 0 bridgehead atoms. The number of hydrogen-bond donors (Lipinski definition) is 2. The summed E-state index contributed by atoms with van der Waals surface area (Å²) in [5, 5.41) is 6.18. The molecular formula is C20H19ClN4O. The molecule has 0 spiro atoms. The second kappa shape index (κ2) is 7.22. The Bertz CT molecular complexity index is 927. The minimum absolute atomic E-state index is 0.338. The molecule has 1 aliphatic rings. The average molecular weight is 367 g/mol. The van der Waals surface area contributed by atoms with Gasteiger partial charge in [0, 0.05) is 24.7 Å². The Morgan fingerprint density at radius 2 is 1.73 bits per heavy atom. The number of rotatable bonds is 3. The average Bonchev–Trinajstić information content (AvgIpc) is 3.08. The number of fused-ring (bicyclic) bond motifs is 1. The summed E-state index contributed by atoms with van der Waals surface area (Å²) in [6, 6.07) is 14.5. The lowest BCUT2D eigenvalue weighted by molar-refractivity contribution is 0.262. The molecule has 0 aliphatic carbocycles. The minimum Gasteiger partial charge on any atom is -0.334 e. The standard InChI is InChI=1S/C20H19ClN4O/c21-15-8-2-4-10-17(15)24-20(26)23-16-9-3-1-7-14(16)18-13-25-12-6-5-11-19(25)22-18/h1-4,7-10,13H,5-6,11-12H2,(H2,23,24,26). The number of aromatic nitrogens is 2. The van der Waals surface area contributed by atoms with Gasteiger partial charge in [-0.2, -0.15) is 0 Å². The van der Waals surface area contributed by atoms with Crippen LogP contribution in [0.3, 0.4) is 0 Å². The molecule has 1 aliphatic heterocycles. The van der Waals surface area contributed by atoms with Gasteiger partial charge >= 0.3 is 6.03 Å². The first-order valence-corrected chi connectivity index (χ1v) is 9.06. The number of para-hydroxylation sites is 2. The highest BCUT2D eigenvalue weighted by molar-refractivity contribution is 6.33. The first-order chi connectivity index (χ1) is 12.7. The van der Waals surface area contributed by atoms with Crippen molar-refractivity contribution in [2.24, 2.45) is 0 Å². The highest BCUT2D eigenvalue weighted by Crippen LogP contribution is 2.29. The smallest absolute Gasteiger partial charge is 0.323 e. The van der Waals surface area contributed by atoms with Gasteiger partial charge < -0.3 is 15.2 Å². The summed E-state index contributed by atoms with van der Waals surface area (Å²) in [4.78, 5) is 17.2. The highest BCUT2D eigenvalue weighted by atomic mass is 35.5.